The van der Waals surface area contributed by atoms with Crippen molar-refractivity contribution in [2.24, 2.45) is 0 Å². The van der Waals surface area contributed by atoms with Crippen molar-refractivity contribution in [3.05, 3.63) is 49.6 Å². The Kier molecular flexibility index (Phi) is 5.85. The molecule has 0 aliphatic rings. The van der Waals surface area contributed by atoms with Gasteiger partial charge in [0, 0.05) is 19.8 Å². The fraction of sp³-hybridized carbons (Fsp3) is 0.412. The lowest BCUT2D eigenvalue weighted by molar-refractivity contribution is 0.404. The van der Waals surface area contributed by atoms with E-state index in [9.17, 15) is 0 Å². The van der Waals surface area contributed by atoms with Gasteiger partial charge in [-0.2, -0.15) is 0 Å². The molecule has 0 aliphatic carbocycles. The van der Waals surface area contributed by atoms with E-state index < -0.39 is 0 Å². The van der Waals surface area contributed by atoms with Crippen LogP contribution < -0.4 is 10.1 Å². The smallest absolute Gasteiger partial charge is 0.124 e. The average Bonchev–Trinajstić information content (AvgIpc) is 2.96. The average molecular weight is 368 g/mol. The van der Waals surface area contributed by atoms with Gasteiger partial charge < -0.3 is 10.1 Å². The van der Waals surface area contributed by atoms with E-state index in [4.69, 9.17) is 4.74 Å². The quantitative estimate of drug-likeness (QED) is 0.767. The standard InChI is InChI=1S/C17H22BrNOS/c1-5-12-7-8-16(21-12)17(19-6-2)13-10-14(18)11(3)9-15(13)20-4/h7-10,17,19H,5-6H2,1-4H3. The predicted octanol–water partition coefficient (Wildman–Crippen LogP) is 5.09. The molecule has 0 spiro atoms. The lowest BCUT2D eigenvalue weighted by Gasteiger charge is -2.21. The first-order valence-electron chi connectivity index (χ1n) is 7.26. The summed E-state index contributed by atoms with van der Waals surface area (Å²) < 4.78 is 6.73. The highest BCUT2D eigenvalue weighted by molar-refractivity contribution is 9.10. The third-order valence-corrected chi connectivity index (χ3v) is 5.69. The minimum absolute atomic E-state index is 0.173. The summed E-state index contributed by atoms with van der Waals surface area (Å²) in [5.41, 5.74) is 2.37. The lowest BCUT2D eigenvalue weighted by atomic mass is 10.0. The van der Waals surface area contributed by atoms with Gasteiger partial charge in [0.2, 0.25) is 0 Å². The first-order valence-corrected chi connectivity index (χ1v) is 8.87. The first-order chi connectivity index (χ1) is 10.1. The van der Waals surface area contributed by atoms with Crippen molar-refractivity contribution in [3.8, 4) is 5.75 Å². The van der Waals surface area contributed by atoms with E-state index in [1.807, 2.05) is 11.3 Å². The predicted molar refractivity (Wildman–Crippen MR) is 94.6 cm³/mol. The Bertz CT molecular complexity index is 609. The number of aryl methyl sites for hydroxylation is 2. The maximum absolute atomic E-state index is 5.61. The highest BCUT2D eigenvalue weighted by atomic mass is 79.9. The Balaban J connectivity index is 2.49. The van der Waals surface area contributed by atoms with Crippen molar-refractivity contribution in [1.82, 2.24) is 5.32 Å². The zero-order valence-corrected chi connectivity index (χ0v) is 15.4. The molecule has 114 valence electrons. The molecule has 2 rings (SSSR count). The zero-order chi connectivity index (χ0) is 15.4. The molecule has 1 N–H and O–H groups in total. The molecule has 0 bridgehead atoms. The minimum atomic E-state index is 0.173. The Morgan fingerprint density at radius 2 is 2.05 bits per heavy atom. The van der Waals surface area contributed by atoms with Crippen molar-refractivity contribution in [1.29, 1.82) is 0 Å². The Hall–Kier alpha value is -0.840. The van der Waals surface area contributed by atoms with Crippen LogP contribution in [0, 0.1) is 6.92 Å². The molecule has 2 aromatic rings. The fourth-order valence-electron chi connectivity index (χ4n) is 2.38. The molecule has 0 amide bonds. The molecule has 1 atom stereocenters. The van der Waals surface area contributed by atoms with E-state index in [1.54, 1.807) is 7.11 Å². The van der Waals surface area contributed by atoms with Gasteiger partial charge in [-0.25, -0.2) is 0 Å². The summed E-state index contributed by atoms with van der Waals surface area (Å²) in [5.74, 6) is 0.938. The summed E-state index contributed by atoms with van der Waals surface area (Å²) in [5, 5.41) is 3.58. The van der Waals surface area contributed by atoms with Crippen LogP contribution in [0.4, 0.5) is 0 Å². The second kappa shape index (κ2) is 7.43. The number of hydrogen-bond donors (Lipinski definition) is 1. The Labute approximate surface area is 139 Å². The van der Waals surface area contributed by atoms with Gasteiger partial charge >= 0.3 is 0 Å². The van der Waals surface area contributed by atoms with Gasteiger partial charge in [0.25, 0.3) is 0 Å². The van der Waals surface area contributed by atoms with Crippen molar-refractivity contribution in [3.63, 3.8) is 0 Å². The summed E-state index contributed by atoms with van der Waals surface area (Å²) in [7, 11) is 1.74. The van der Waals surface area contributed by atoms with Gasteiger partial charge in [0.15, 0.2) is 0 Å². The molecule has 4 heteroatoms. The maximum atomic E-state index is 5.61. The summed E-state index contributed by atoms with van der Waals surface area (Å²) in [4.78, 5) is 2.75. The van der Waals surface area contributed by atoms with Crippen molar-refractivity contribution >= 4 is 27.3 Å². The van der Waals surface area contributed by atoms with E-state index >= 15 is 0 Å². The molecule has 0 aliphatic heterocycles. The van der Waals surface area contributed by atoms with Crippen LogP contribution in [-0.2, 0) is 6.42 Å². The third-order valence-electron chi connectivity index (χ3n) is 3.55. The largest absolute Gasteiger partial charge is 0.496 e. The number of ether oxygens (including phenoxy) is 1. The van der Waals surface area contributed by atoms with Crippen LogP contribution in [0.3, 0.4) is 0 Å². The molecule has 1 heterocycles. The van der Waals surface area contributed by atoms with Gasteiger partial charge in [-0.15, -0.1) is 11.3 Å². The van der Waals surface area contributed by atoms with Crippen LogP contribution in [-0.4, -0.2) is 13.7 Å². The molecular weight excluding hydrogens is 346 g/mol. The number of methoxy groups -OCH3 is 1. The van der Waals surface area contributed by atoms with E-state index in [2.05, 4.69) is 66.3 Å². The number of nitrogens with one attached hydrogen (secondary N) is 1. The van der Waals surface area contributed by atoms with E-state index in [0.717, 1.165) is 23.2 Å². The first kappa shape index (κ1) is 16.5. The number of benzene rings is 1. The van der Waals surface area contributed by atoms with Gasteiger partial charge in [-0.3, -0.25) is 0 Å². The van der Waals surface area contributed by atoms with Crippen molar-refractivity contribution < 1.29 is 4.74 Å². The molecule has 0 radical (unpaired) electrons. The van der Waals surface area contributed by atoms with Crippen LogP contribution in [0.5, 0.6) is 5.75 Å². The molecule has 21 heavy (non-hydrogen) atoms. The second-order valence-corrected chi connectivity index (χ2v) is 7.05. The summed E-state index contributed by atoms with van der Waals surface area (Å²) >= 11 is 5.51. The van der Waals surface area contributed by atoms with Crippen LogP contribution in [0.15, 0.2) is 28.7 Å². The van der Waals surface area contributed by atoms with Crippen LogP contribution >= 0.6 is 27.3 Å². The minimum Gasteiger partial charge on any atom is -0.496 e. The molecular formula is C17H22BrNOS. The molecule has 0 saturated heterocycles. The topological polar surface area (TPSA) is 21.3 Å². The van der Waals surface area contributed by atoms with Gasteiger partial charge in [0.05, 0.1) is 13.2 Å². The van der Waals surface area contributed by atoms with Gasteiger partial charge in [0.1, 0.15) is 5.75 Å². The zero-order valence-electron chi connectivity index (χ0n) is 13.0. The Morgan fingerprint density at radius 3 is 2.62 bits per heavy atom. The highest BCUT2D eigenvalue weighted by Gasteiger charge is 2.20. The van der Waals surface area contributed by atoms with E-state index in [0.29, 0.717) is 0 Å². The second-order valence-electron chi connectivity index (χ2n) is 4.99. The highest BCUT2D eigenvalue weighted by Crippen LogP contribution is 2.36. The number of halogens is 1. The normalized spacial score (nSPS) is 12.4. The van der Waals surface area contributed by atoms with Crippen LogP contribution in [0.1, 0.15) is 40.8 Å². The summed E-state index contributed by atoms with van der Waals surface area (Å²) in [6.07, 6.45) is 1.08. The number of rotatable bonds is 6. The summed E-state index contributed by atoms with van der Waals surface area (Å²) in [6.45, 7) is 7.33. The van der Waals surface area contributed by atoms with E-state index in [-0.39, 0.29) is 6.04 Å². The molecule has 0 fully saturated rings. The number of thiophene rings is 1. The molecule has 2 nitrogen and oxygen atoms in total. The van der Waals surface area contributed by atoms with Crippen LogP contribution in [0.2, 0.25) is 0 Å². The molecule has 1 unspecified atom stereocenters. The van der Waals surface area contributed by atoms with Crippen molar-refractivity contribution in [2.75, 3.05) is 13.7 Å². The molecule has 1 aromatic carbocycles. The fourth-order valence-corrected chi connectivity index (χ4v) is 3.79. The SMILES string of the molecule is CCNC(c1ccc(CC)s1)c1cc(Br)c(C)cc1OC. The monoisotopic (exact) mass is 367 g/mol. The molecule has 0 saturated carbocycles. The van der Waals surface area contributed by atoms with Gasteiger partial charge in [-0.1, -0.05) is 29.8 Å². The number of hydrogen-bond acceptors (Lipinski definition) is 3. The third kappa shape index (κ3) is 3.68. The van der Waals surface area contributed by atoms with Crippen molar-refractivity contribution in [2.45, 2.75) is 33.2 Å². The van der Waals surface area contributed by atoms with Gasteiger partial charge in [-0.05, 0) is 49.7 Å². The lowest BCUT2D eigenvalue weighted by Crippen LogP contribution is -2.21. The van der Waals surface area contributed by atoms with Crippen LogP contribution in [0.25, 0.3) is 0 Å². The summed E-state index contributed by atoms with van der Waals surface area (Å²) in [6, 6.07) is 8.89. The Morgan fingerprint density at radius 1 is 1.29 bits per heavy atom. The van der Waals surface area contributed by atoms with E-state index in [1.165, 1.54) is 20.9 Å². The maximum Gasteiger partial charge on any atom is 0.124 e. The molecule has 1 aromatic heterocycles.